The van der Waals surface area contributed by atoms with Crippen molar-refractivity contribution in [2.24, 2.45) is 4.99 Å². The number of nitrogens with one attached hydrogen (secondary N) is 2. The zero-order valence-electron chi connectivity index (χ0n) is 12.9. The average molecular weight is 314 g/mol. The average Bonchev–Trinajstić information content (AvgIpc) is 2.96. The summed E-state index contributed by atoms with van der Waals surface area (Å²) in [5.41, 5.74) is 3.87. The monoisotopic (exact) mass is 314 g/mol. The quantitative estimate of drug-likeness (QED) is 0.664. The van der Waals surface area contributed by atoms with Gasteiger partial charge < -0.3 is 10.6 Å². The van der Waals surface area contributed by atoms with Crippen LogP contribution in [0.1, 0.15) is 16.7 Å². The Morgan fingerprint density at radius 2 is 2.05 bits per heavy atom. The molecule has 0 saturated carbocycles. The summed E-state index contributed by atoms with van der Waals surface area (Å²) in [5.74, 6) is 0.500. The third-order valence-corrected chi connectivity index (χ3v) is 4.11. The van der Waals surface area contributed by atoms with Gasteiger partial charge in [-0.25, -0.2) is 0 Å². The Labute approximate surface area is 134 Å². The fourth-order valence-electron chi connectivity index (χ4n) is 2.26. The molecule has 0 aliphatic carbocycles. The number of carbonyl (C=O) groups is 1. The lowest BCUT2D eigenvalue weighted by molar-refractivity contribution is -0.112. The molecule has 1 aromatic carbocycles. The molecule has 0 fully saturated rings. The molecule has 114 valence electrons. The number of hydrogen-bond donors (Lipinski definition) is 2. The normalized spacial score (nSPS) is 14.3. The minimum atomic E-state index is -0.423. The van der Waals surface area contributed by atoms with E-state index in [1.54, 1.807) is 11.8 Å². The van der Waals surface area contributed by atoms with Gasteiger partial charge in [0.05, 0.1) is 6.54 Å². The largest absolute Gasteiger partial charge is 0.340 e. The van der Waals surface area contributed by atoms with E-state index >= 15 is 0 Å². The van der Waals surface area contributed by atoms with Gasteiger partial charge in [-0.2, -0.15) is 5.26 Å². The summed E-state index contributed by atoms with van der Waals surface area (Å²) in [6.45, 7) is 6.65. The van der Waals surface area contributed by atoms with E-state index in [1.165, 1.54) is 6.20 Å². The van der Waals surface area contributed by atoms with Crippen LogP contribution in [0.2, 0.25) is 0 Å². The van der Waals surface area contributed by atoms with E-state index in [2.05, 4.69) is 15.6 Å². The van der Waals surface area contributed by atoms with E-state index in [4.69, 9.17) is 5.26 Å². The van der Waals surface area contributed by atoms with E-state index in [0.717, 1.165) is 39.8 Å². The highest BCUT2D eigenvalue weighted by Crippen LogP contribution is 2.22. The molecule has 2 rings (SSSR count). The van der Waals surface area contributed by atoms with E-state index in [9.17, 15) is 4.79 Å². The number of carbonyl (C=O) groups excluding carboxylic acids is 1. The maximum atomic E-state index is 12.2. The van der Waals surface area contributed by atoms with Gasteiger partial charge in [-0.3, -0.25) is 9.79 Å². The highest BCUT2D eigenvalue weighted by atomic mass is 32.2. The summed E-state index contributed by atoms with van der Waals surface area (Å²) >= 11 is 1.57. The van der Waals surface area contributed by atoms with Crippen molar-refractivity contribution in [3.8, 4) is 6.07 Å². The van der Waals surface area contributed by atoms with Gasteiger partial charge in [-0.1, -0.05) is 29.5 Å². The maximum absolute atomic E-state index is 12.2. The Morgan fingerprint density at radius 1 is 1.36 bits per heavy atom. The van der Waals surface area contributed by atoms with Gasteiger partial charge in [0, 0.05) is 17.6 Å². The number of amidine groups is 1. The van der Waals surface area contributed by atoms with Gasteiger partial charge in [0.1, 0.15) is 11.6 Å². The number of hydrogen-bond acceptors (Lipinski definition) is 5. The number of anilines is 1. The summed E-state index contributed by atoms with van der Waals surface area (Å²) in [7, 11) is 0. The topological polar surface area (TPSA) is 77.3 Å². The van der Waals surface area contributed by atoms with Crippen molar-refractivity contribution < 1.29 is 4.79 Å². The second-order valence-corrected chi connectivity index (χ2v) is 6.16. The van der Waals surface area contributed by atoms with E-state index in [1.807, 2.05) is 39.0 Å². The fourth-order valence-corrected chi connectivity index (χ4v) is 2.96. The number of nitriles is 1. The standard InChI is InChI=1S/C16H18N4OS/c1-10-6-11(2)14(12(3)7-10)20-15(21)13(8-17)9-19-16-18-4-5-22-16/h6-7,9H,4-5H2,1-3H3,(H,18,19)(H,20,21)/b13-9-. The molecule has 1 aliphatic heterocycles. The van der Waals surface area contributed by atoms with Gasteiger partial charge in [0.2, 0.25) is 0 Å². The van der Waals surface area contributed by atoms with Crippen molar-refractivity contribution in [1.29, 1.82) is 5.26 Å². The number of thioether (sulfide) groups is 1. The minimum absolute atomic E-state index is 0.0228. The lowest BCUT2D eigenvalue weighted by Crippen LogP contribution is -2.19. The second-order valence-electron chi connectivity index (χ2n) is 5.08. The summed E-state index contributed by atoms with van der Waals surface area (Å²) in [5, 5.41) is 15.6. The molecular weight excluding hydrogens is 296 g/mol. The van der Waals surface area contributed by atoms with Gasteiger partial charge in [-0.15, -0.1) is 0 Å². The molecule has 5 nitrogen and oxygen atoms in total. The van der Waals surface area contributed by atoms with Crippen molar-refractivity contribution in [2.75, 3.05) is 17.6 Å². The number of aryl methyl sites for hydroxylation is 3. The number of benzene rings is 1. The zero-order valence-corrected chi connectivity index (χ0v) is 13.7. The molecule has 0 atom stereocenters. The fraction of sp³-hybridized carbons (Fsp3) is 0.312. The lowest BCUT2D eigenvalue weighted by atomic mass is 10.0. The van der Waals surface area contributed by atoms with Gasteiger partial charge in [0.25, 0.3) is 5.91 Å². The van der Waals surface area contributed by atoms with Crippen LogP contribution in [-0.2, 0) is 4.79 Å². The van der Waals surface area contributed by atoms with Gasteiger partial charge >= 0.3 is 0 Å². The third kappa shape index (κ3) is 3.89. The van der Waals surface area contributed by atoms with Crippen molar-refractivity contribution in [2.45, 2.75) is 20.8 Å². The highest BCUT2D eigenvalue weighted by molar-refractivity contribution is 8.14. The van der Waals surface area contributed by atoms with Crippen LogP contribution in [0.4, 0.5) is 5.69 Å². The molecule has 0 bridgehead atoms. The van der Waals surface area contributed by atoms with Crippen LogP contribution in [0.3, 0.4) is 0 Å². The summed E-state index contributed by atoms with van der Waals surface area (Å²) in [6.07, 6.45) is 1.41. The Kier molecular flexibility index (Phi) is 5.23. The van der Waals surface area contributed by atoms with Crippen molar-refractivity contribution >= 4 is 28.5 Å². The van der Waals surface area contributed by atoms with Crippen LogP contribution in [0, 0.1) is 32.1 Å². The molecule has 0 unspecified atom stereocenters. The SMILES string of the molecule is Cc1cc(C)c(NC(=O)/C(C#N)=C\NC2=NCCS2)c(C)c1. The predicted molar refractivity (Wildman–Crippen MR) is 90.9 cm³/mol. The lowest BCUT2D eigenvalue weighted by Gasteiger charge is -2.12. The van der Waals surface area contributed by atoms with Crippen molar-refractivity contribution in [1.82, 2.24) is 5.32 Å². The molecule has 6 heteroatoms. The first kappa shape index (κ1) is 16.1. The van der Waals surface area contributed by atoms with Crippen LogP contribution in [0.25, 0.3) is 0 Å². The Bertz CT molecular complexity index is 678. The molecule has 0 saturated heterocycles. The van der Waals surface area contributed by atoms with Gasteiger partial charge in [-0.05, 0) is 31.9 Å². The molecular formula is C16H18N4OS. The Hall–Kier alpha value is -2.26. The Morgan fingerprint density at radius 3 is 2.59 bits per heavy atom. The number of nitrogens with zero attached hydrogens (tertiary/aromatic N) is 2. The molecule has 22 heavy (non-hydrogen) atoms. The molecule has 2 N–H and O–H groups in total. The third-order valence-electron chi connectivity index (χ3n) is 3.21. The predicted octanol–water partition coefficient (Wildman–Crippen LogP) is 2.65. The van der Waals surface area contributed by atoms with Crippen molar-refractivity contribution in [3.63, 3.8) is 0 Å². The summed E-state index contributed by atoms with van der Waals surface area (Å²) in [4.78, 5) is 16.5. The summed E-state index contributed by atoms with van der Waals surface area (Å²) in [6, 6.07) is 5.92. The van der Waals surface area contributed by atoms with Gasteiger partial charge in [0.15, 0.2) is 5.17 Å². The minimum Gasteiger partial charge on any atom is -0.340 e. The van der Waals surface area contributed by atoms with Crippen LogP contribution in [0.5, 0.6) is 0 Å². The molecule has 0 spiro atoms. The first-order valence-corrected chi connectivity index (χ1v) is 7.93. The highest BCUT2D eigenvalue weighted by Gasteiger charge is 2.13. The van der Waals surface area contributed by atoms with Crippen LogP contribution < -0.4 is 10.6 Å². The Balaban J connectivity index is 2.13. The second kappa shape index (κ2) is 7.14. The number of aliphatic imine (C=N–C) groups is 1. The first-order chi connectivity index (χ1) is 10.5. The van der Waals surface area contributed by atoms with Crippen molar-refractivity contribution in [3.05, 3.63) is 40.6 Å². The smallest absolute Gasteiger partial charge is 0.267 e. The number of amides is 1. The molecule has 1 aromatic rings. The molecule has 1 heterocycles. The van der Waals surface area contributed by atoms with Crippen LogP contribution in [0.15, 0.2) is 28.9 Å². The molecule has 0 aromatic heterocycles. The molecule has 1 aliphatic rings. The van der Waals surface area contributed by atoms with E-state index < -0.39 is 5.91 Å². The summed E-state index contributed by atoms with van der Waals surface area (Å²) < 4.78 is 0. The van der Waals surface area contributed by atoms with Crippen LogP contribution >= 0.6 is 11.8 Å². The molecule has 0 radical (unpaired) electrons. The van der Waals surface area contributed by atoms with Crippen LogP contribution in [-0.4, -0.2) is 23.4 Å². The number of rotatable bonds is 3. The first-order valence-electron chi connectivity index (χ1n) is 6.94. The molecule has 1 amide bonds. The van der Waals surface area contributed by atoms with E-state index in [-0.39, 0.29) is 5.57 Å². The van der Waals surface area contributed by atoms with E-state index in [0.29, 0.717) is 0 Å². The maximum Gasteiger partial charge on any atom is 0.267 e. The zero-order chi connectivity index (χ0) is 16.1.